The number of aromatic amines is 1. The molecular weight excluding hydrogens is 413 g/mol. The first-order valence-corrected chi connectivity index (χ1v) is 9.31. The second-order valence-electron chi connectivity index (χ2n) is 7.68. The highest BCUT2D eigenvalue weighted by molar-refractivity contribution is 5.94. The Hall–Kier alpha value is -2.02. The highest BCUT2D eigenvalue weighted by Crippen LogP contribution is 2.44. The van der Waals surface area contributed by atoms with E-state index in [-0.39, 0.29) is 47.9 Å². The summed E-state index contributed by atoms with van der Waals surface area (Å²) in [6, 6.07) is 11.9. The van der Waals surface area contributed by atoms with Crippen molar-refractivity contribution in [3.8, 4) is 5.75 Å². The maximum atomic E-state index is 12.9. The number of H-pyrrole nitrogens is 1. The van der Waals surface area contributed by atoms with Crippen LogP contribution in [0.2, 0.25) is 0 Å². The number of fused-ring (bicyclic) bond motifs is 1. The van der Waals surface area contributed by atoms with Crippen LogP contribution in [-0.2, 0) is 0 Å². The molecule has 0 radical (unpaired) electrons. The molecule has 2 aliphatic heterocycles. The van der Waals surface area contributed by atoms with E-state index in [0.717, 1.165) is 18.0 Å². The van der Waals surface area contributed by atoms with E-state index in [1.54, 1.807) is 19.2 Å². The Morgan fingerprint density at radius 1 is 1.07 bits per heavy atom. The van der Waals surface area contributed by atoms with E-state index >= 15 is 0 Å². The van der Waals surface area contributed by atoms with Gasteiger partial charge in [-0.2, -0.15) is 0 Å². The van der Waals surface area contributed by atoms with E-state index in [4.69, 9.17) is 4.74 Å². The van der Waals surface area contributed by atoms with Gasteiger partial charge in [0.15, 0.2) is 0 Å². The zero-order chi connectivity index (χ0) is 19.1. The van der Waals surface area contributed by atoms with Crippen LogP contribution in [0.25, 0.3) is 0 Å². The maximum absolute atomic E-state index is 12.9. The predicted molar refractivity (Wildman–Crippen MR) is 118 cm³/mol. The lowest BCUT2D eigenvalue weighted by Gasteiger charge is -2.27. The summed E-state index contributed by atoms with van der Waals surface area (Å²) in [5.74, 6) is 1.48. The average molecular weight is 440 g/mol. The van der Waals surface area contributed by atoms with E-state index in [0.29, 0.717) is 24.9 Å². The molecule has 2 aliphatic rings. The first-order valence-electron chi connectivity index (χ1n) is 9.31. The molecule has 0 unspecified atom stereocenters. The lowest BCUT2D eigenvalue weighted by Crippen LogP contribution is -2.36. The van der Waals surface area contributed by atoms with Crippen molar-refractivity contribution in [1.29, 1.82) is 0 Å². The van der Waals surface area contributed by atoms with E-state index in [2.05, 4.69) is 29.1 Å². The number of nitrogens with one attached hydrogen (secondary N) is 1. The molecule has 6 nitrogen and oxygen atoms in total. The van der Waals surface area contributed by atoms with Gasteiger partial charge in [-0.05, 0) is 49.7 Å². The molecule has 0 saturated carbocycles. The predicted octanol–water partition coefficient (Wildman–Crippen LogP) is 2.91. The number of rotatable bonds is 3. The van der Waals surface area contributed by atoms with Gasteiger partial charge in [-0.3, -0.25) is 14.5 Å². The summed E-state index contributed by atoms with van der Waals surface area (Å²) in [5.41, 5.74) is 1.93. The van der Waals surface area contributed by atoms with Crippen LogP contribution in [0.15, 0.2) is 41.2 Å². The average Bonchev–Trinajstić information content (AvgIpc) is 3.18. The minimum atomic E-state index is -0.305. The zero-order valence-electron chi connectivity index (χ0n) is 16.8. The fourth-order valence-corrected chi connectivity index (χ4v) is 4.64. The number of halogens is 2. The molecule has 0 aliphatic carbocycles. The van der Waals surface area contributed by atoms with Gasteiger partial charge in [-0.1, -0.05) is 12.1 Å². The Morgan fingerprint density at radius 3 is 2.38 bits per heavy atom. The van der Waals surface area contributed by atoms with Crippen LogP contribution < -0.4 is 10.3 Å². The first-order chi connectivity index (χ1) is 13.0. The first kappa shape index (κ1) is 23.3. The number of pyridine rings is 1. The molecule has 4 rings (SSSR count). The highest BCUT2D eigenvalue weighted by atomic mass is 35.5. The van der Waals surface area contributed by atoms with Crippen LogP contribution in [0, 0.1) is 18.8 Å². The van der Waals surface area contributed by atoms with Gasteiger partial charge in [0, 0.05) is 37.3 Å². The molecule has 1 N–H and O–H groups in total. The van der Waals surface area contributed by atoms with Gasteiger partial charge in [0.25, 0.3) is 11.5 Å². The zero-order valence-corrected chi connectivity index (χ0v) is 18.4. The van der Waals surface area contributed by atoms with Crippen molar-refractivity contribution in [2.24, 2.45) is 11.8 Å². The third kappa shape index (κ3) is 4.29. The van der Waals surface area contributed by atoms with Crippen LogP contribution in [0.3, 0.4) is 0 Å². The lowest BCUT2D eigenvalue weighted by atomic mass is 9.89. The van der Waals surface area contributed by atoms with Gasteiger partial charge in [-0.15, -0.1) is 24.8 Å². The van der Waals surface area contributed by atoms with Crippen molar-refractivity contribution in [3.63, 3.8) is 0 Å². The Bertz CT molecular complexity index is 916. The summed E-state index contributed by atoms with van der Waals surface area (Å²) in [5, 5.41) is 0. The molecular formula is C21H27Cl2N3O3. The fourth-order valence-electron chi connectivity index (χ4n) is 4.64. The van der Waals surface area contributed by atoms with Crippen molar-refractivity contribution >= 4 is 30.7 Å². The number of benzene rings is 1. The van der Waals surface area contributed by atoms with Gasteiger partial charge in [0.2, 0.25) is 0 Å². The third-order valence-corrected chi connectivity index (χ3v) is 5.92. The monoisotopic (exact) mass is 439 g/mol. The number of hydrogen-bond donors (Lipinski definition) is 1. The number of likely N-dealkylation sites (tertiary alicyclic amines) is 2. The van der Waals surface area contributed by atoms with Gasteiger partial charge in [0.05, 0.1) is 7.11 Å². The summed E-state index contributed by atoms with van der Waals surface area (Å²) in [6.07, 6.45) is 0. The summed E-state index contributed by atoms with van der Waals surface area (Å²) in [7, 11) is 3.81. The summed E-state index contributed by atoms with van der Waals surface area (Å²) >= 11 is 0. The van der Waals surface area contributed by atoms with E-state index in [1.165, 1.54) is 5.56 Å². The number of ether oxygens (including phenoxy) is 1. The van der Waals surface area contributed by atoms with Gasteiger partial charge >= 0.3 is 0 Å². The number of aryl methyl sites for hydroxylation is 1. The smallest absolute Gasteiger partial charge is 0.260 e. The van der Waals surface area contributed by atoms with E-state index in [1.807, 2.05) is 24.0 Å². The second kappa shape index (κ2) is 9.20. The summed E-state index contributed by atoms with van der Waals surface area (Å²) in [6.45, 7) is 4.15. The fraction of sp³-hybridized carbons (Fsp3) is 0.429. The van der Waals surface area contributed by atoms with Crippen LogP contribution in [0.4, 0.5) is 0 Å². The molecule has 0 bridgehead atoms. The SMILES string of the molecule is COc1ccc([C@H]2[C@@H]3CN(C(=O)c4ccc(C)[nH]c4=O)C[C@@H]3CN2C)cc1.Cl.Cl. The number of amides is 1. The normalized spacial score (nSPS) is 23.1. The number of methoxy groups -OCH3 is 1. The molecule has 3 atom stereocenters. The molecule has 2 fully saturated rings. The van der Waals surface area contributed by atoms with Crippen molar-refractivity contribution in [3.05, 3.63) is 63.6 Å². The Morgan fingerprint density at radius 2 is 1.76 bits per heavy atom. The Kier molecular flexibility index (Phi) is 7.38. The molecule has 1 aromatic carbocycles. The summed E-state index contributed by atoms with van der Waals surface area (Å²) in [4.78, 5) is 32.0. The van der Waals surface area contributed by atoms with Crippen molar-refractivity contribution < 1.29 is 9.53 Å². The standard InChI is InChI=1S/C21H25N3O3.2ClH/c1-13-4-9-17(20(25)22-13)21(26)24-11-15-10-23(2)19(18(15)12-24)14-5-7-16(27-3)8-6-14;;/h4-9,15,18-19H,10-12H2,1-3H3,(H,22,25);2*1H/t15-,18+,19-;;/m0../s1. The molecule has 1 amide bonds. The number of aromatic nitrogens is 1. The van der Waals surface area contributed by atoms with E-state index in [9.17, 15) is 9.59 Å². The minimum absolute atomic E-state index is 0. The topological polar surface area (TPSA) is 65.6 Å². The lowest BCUT2D eigenvalue weighted by molar-refractivity contribution is 0.0766. The largest absolute Gasteiger partial charge is 0.497 e. The minimum Gasteiger partial charge on any atom is -0.497 e. The van der Waals surface area contributed by atoms with Gasteiger partial charge in [0.1, 0.15) is 11.3 Å². The second-order valence-corrected chi connectivity index (χ2v) is 7.68. The van der Waals surface area contributed by atoms with E-state index < -0.39 is 0 Å². The third-order valence-electron chi connectivity index (χ3n) is 5.92. The van der Waals surface area contributed by atoms with Crippen molar-refractivity contribution in [1.82, 2.24) is 14.8 Å². The molecule has 8 heteroatoms. The number of carbonyl (C=O) groups excluding carboxylic acids is 1. The number of nitrogens with zero attached hydrogens (tertiary/aromatic N) is 2. The highest BCUT2D eigenvalue weighted by Gasteiger charge is 2.47. The summed E-state index contributed by atoms with van der Waals surface area (Å²) < 4.78 is 5.26. The molecule has 3 heterocycles. The molecule has 1 aromatic heterocycles. The number of hydrogen-bond acceptors (Lipinski definition) is 4. The quantitative estimate of drug-likeness (QED) is 0.798. The Balaban J connectivity index is 0.00000150. The molecule has 158 valence electrons. The molecule has 2 aromatic rings. The Labute approximate surface area is 183 Å². The van der Waals surface area contributed by atoms with Gasteiger partial charge < -0.3 is 14.6 Å². The molecule has 29 heavy (non-hydrogen) atoms. The maximum Gasteiger partial charge on any atom is 0.260 e. The molecule has 0 spiro atoms. The van der Waals surface area contributed by atoms with Crippen LogP contribution in [-0.4, -0.2) is 54.5 Å². The van der Waals surface area contributed by atoms with Crippen molar-refractivity contribution in [2.45, 2.75) is 13.0 Å². The van der Waals surface area contributed by atoms with Crippen LogP contribution >= 0.6 is 24.8 Å². The van der Waals surface area contributed by atoms with Gasteiger partial charge in [-0.25, -0.2) is 0 Å². The van der Waals surface area contributed by atoms with Crippen LogP contribution in [0.5, 0.6) is 5.75 Å². The molecule has 2 saturated heterocycles. The van der Waals surface area contributed by atoms with Crippen LogP contribution in [0.1, 0.15) is 27.7 Å². The van der Waals surface area contributed by atoms with Crippen molar-refractivity contribution in [2.75, 3.05) is 33.8 Å². The number of carbonyl (C=O) groups is 1.